The third-order valence-electron chi connectivity index (χ3n) is 3.52. The van der Waals surface area contributed by atoms with Crippen LogP contribution in [0, 0.1) is 11.3 Å². The van der Waals surface area contributed by atoms with Crippen molar-refractivity contribution in [3.05, 3.63) is 46.8 Å². The van der Waals surface area contributed by atoms with Crippen molar-refractivity contribution < 1.29 is 9.90 Å². The van der Waals surface area contributed by atoms with Crippen LogP contribution in [0.4, 0.5) is 4.79 Å². The van der Waals surface area contributed by atoms with Crippen molar-refractivity contribution in [2.45, 2.75) is 19.9 Å². The number of benzene rings is 1. The van der Waals surface area contributed by atoms with Crippen LogP contribution in [0.1, 0.15) is 23.8 Å². The molecular formula is C18H21N3O2S. The van der Waals surface area contributed by atoms with Gasteiger partial charge in [0.2, 0.25) is 0 Å². The Kier molecular flexibility index (Phi) is 6.79. The Bertz CT molecular complexity index is 715. The molecule has 0 bridgehead atoms. The van der Waals surface area contributed by atoms with Gasteiger partial charge in [-0.15, -0.1) is 11.3 Å². The number of nitrogens with zero attached hydrogens (tertiary/aromatic N) is 2. The molecule has 6 heteroatoms. The molecule has 2 rings (SSSR count). The van der Waals surface area contributed by atoms with Gasteiger partial charge in [0.1, 0.15) is 10.9 Å². The Labute approximate surface area is 146 Å². The van der Waals surface area contributed by atoms with E-state index in [-0.39, 0.29) is 12.6 Å². The molecular weight excluding hydrogens is 322 g/mol. The van der Waals surface area contributed by atoms with Crippen LogP contribution in [0.25, 0.3) is 10.4 Å². The summed E-state index contributed by atoms with van der Waals surface area (Å²) in [5.74, 6) is 0. The van der Waals surface area contributed by atoms with Crippen LogP contribution < -0.4 is 5.32 Å². The fraction of sp³-hybridized carbons (Fsp3) is 0.333. The first-order valence-corrected chi connectivity index (χ1v) is 8.72. The lowest BCUT2D eigenvalue weighted by Gasteiger charge is -2.21. The lowest BCUT2D eigenvalue weighted by atomic mass is 10.1. The minimum Gasteiger partial charge on any atom is -0.395 e. The number of nitrogens with one attached hydrogen (secondary N) is 1. The van der Waals surface area contributed by atoms with Gasteiger partial charge in [-0.25, -0.2) is 4.79 Å². The number of carbonyl (C=O) groups is 1. The standard InChI is InChI=1S/C18H21N3O2S/c1-2-8-21(9-10-22)18(23)20-13-14-4-3-5-15(11-14)17-7-6-16(12-19)24-17/h3-7,11,22H,2,8-10,13H2,1H3,(H,20,23). The Morgan fingerprint density at radius 3 is 2.83 bits per heavy atom. The second-order valence-electron chi connectivity index (χ2n) is 5.35. The molecule has 1 heterocycles. The Morgan fingerprint density at radius 1 is 1.33 bits per heavy atom. The summed E-state index contributed by atoms with van der Waals surface area (Å²) in [5.41, 5.74) is 2.03. The van der Waals surface area contributed by atoms with E-state index >= 15 is 0 Å². The van der Waals surface area contributed by atoms with Crippen molar-refractivity contribution >= 4 is 17.4 Å². The Balaban J connectivity index is 2.01. The largest absolute Gasteiger partial charge is 0.395 e. The molecule has 2 N–H and O–H groups in total. The molecule has 2 aromatic rings. The molecule has 0 fully saturated rings. The number of aliphatic hydroxyl groups excluding tert-OH is 1. The van der Waals surface area contributed by atoms with Gasteiger partial charge in [0.25, 0.3) is 0 Å². The van der Waals surface area contributed by atoms with Gasteiger partial charge >= 0.3 is 6.03 Å². The summed E-state index contributed by atoms with van der Waals surface area (Å²) in [7, 11) is 0. The predicted octanol–water partition coefficient (Wildman–Crippen LogP) is 3.20. The lowest BCUT2D eigenvalue weighted by molar-refractivity contribution is 0.177. The van der Waals surface area contributed by atoms with Crippen LogP contribution in [0.2, 0.25) is 0 Å². The first-order chi connectivity index (χ1) is 11.7. The maximum absolute atomic E-state index is 12.2. The maximum Gasteiger partial charge on any atom is 0.317 e. The van der Waals surface area contributed by atoms with E-state index in [2.05, 4.69) is 11.4 Å². The molecule has 0 saturated carbocycles. The molecule has 0 spiro atoms. The number of amides is 2. The fourth-order valence-corrected chi connectivity index (χ4v) is 3.18. The van der Waals surface area contributed by atoms with E-state index in [1.54, 1.807) is 4.90 Å². The molecule has 5 nitrogen and oxygen atoms in total. The number of hydrogen-bond acceptors (Lipinski definition) is 4. The number of rotatable bonds is 7. The van der Waals surface area contributed by atoms with Crippen molar-refractivity contribution in [2.24, 2.45) is 0 Å². The summed E-state index contributed by atoms with van der Waals surface area (Å²) >= 11 is 1.45. The number of carbonyl (C=O) groups excluding carboxylic acids is 1. The van der Waals surface area contributed by atoms with Crippen LogP contribution in [0.5, 0.6) is 0 Å². The van der Waals surface area contributed by atoms with Gasteiger partial charge in [-0.1, -0.05) is 25.1 Å². The summed E-state index contributed by atoms with van der Waals surface area (Å²) in [6.45, 7) is 3.35. The summed E-state index contributed by atoms with van der Waals surface area (Å²) in [6.07, 6.45) is 0.850. The zero-order valence-corrected chi connectivity index (χ0v) is 14.5. The highest BCUT2D eigenvalue weighted by atomic mass is 32.1. The third-order valence-corrected chi connectivity index (χ3v) is 4.56. The number of thiophene rings is 1. The van der Waals surface area contributed by atoms with Gasteiger partial charge in [0.05, 0.1) is 6.61 Å². The van der Waals surface area contributed by atoms with Crippen LogP contribution in [-0.2, 0) is 6.54 Å². The fourth-order valence-electron chi connectivity index (χ4n) is 2.38. The van der Waals surface area contributed by atoms with E-state index < -0.39 is 0 Å². The molecule has 24 heavy (non-hydrogen) atoms. The Morgan fingerprint density at radius 2 is 2.17 bits per heavy atom. The van der Waals surface area contributed by atoms with Crippen molar-refractivity contribution in [1.82, 2.24) is 10.2 Å². The molecule has 0 atom stereocenters. The number of hydrogen-bond donors (Lipinski definition) is 2. The van der Waals surface area contributed by atoms with Gasteiger partial charge in [-0.3, -0.25) is 0 Å². The molecule has 126 valence electrons. The average Bonchev–Trinajstić information content (AvgIpc) is 3.09. The highest BCUT2D eigenvalue weighted by Gasteiger charge is 2.11. The van der Waals surface area contributed by atoms with E-state index in [4.69, 9.17) is 10.4 Å². The van der Waals surface area contributed by atoms with Gasteiger partial charge < -0.3 is 15.3 Å². The monoisotopic (exact) mass is 343 g/mol. The van der Waals surface area contributed by atoms with Crippen molar-refractivity contribution in [1.29, 1.82) is 5.26 Å². The molecule has 2 amide bonds. The first-order valence-electron chi connectivity index (χ1n) is 7.90. The van der Waals surface area contributed by atoms with Crippen LogP contribution in [0.3, 0.4) is 0 Å². The normalized spacial score (nSPS) is 10.2. The topological polar surface area (TPSA) is 76.4 Å². The van der Waals surface area contributed by atoms with Crippen LogP contribution in [-0.4, -0.2) is 35.7 Å². The zero-order valence-electron chi connectivity index (χ0n) is 13.7. The summed E-state index contributed by atoms with van der Waals surface area (Å²) in [6, 6.07) is 13.6. The van der Waals surface area contributed by atoms with Crippen LogP contribution >= 0.6 is 11.3 Å². The zero-order chi connectivity index (χ0) is 17.4. The van der Waals surface area contributed by atoms with E-state index in [1.807, 2.05) is 43.3 Å². The summed E-state index contributed by atoms with van der Waals surface area (Å²) < 4.78 is 0. The van der Waals surface area contributed by atoms with Crippen LogP contribution in [0.15, 0.2) is 36.4 Å². The molecule has 0 aliphatic carbocycles. The second-order valence-corrected chi connectivity index (χ2v) is 6.43. The minimum absolute atomic E-state index is 0.0392. The quantitative estimate of drug-likeness (QED) is 0.810. The molecule has 1 aromatic heterocycles. The summed E-state index contributed by atoms with van der Waals surface area (Å²) in [5, 5.41) is 20.9. The second kappa shape index (κ2) is 9.06. The Hall–Kier alpha value is -2.36. The van der Waals surface area contributed by atoms with Crippen molar-refractivity contribution in [3.63, 3.8) is 0 Å². The SMILES string of the molecule is CCCN(CCO)C(=O)NCc1cccc(-c2ccc(C#N)s2)c1. The lowest BCUT2D eigenvalue weighted by Crippen LogP contribution is -2.41. The molecule has 0 saturated heterocycles. The van der Waals surface area contributed by atoms with E-state index in [1.165, 1.54) is 11.3 Å². The maximum atomic E-state index is 12.2. The minimum atomic E-state index is -0.167. The first kappa shape index (κ1) is 18.0. The average molecular weight is 343 g/mol. The van der Waals surface area contributed by atoms with Gasteiger partial charge in [-0.2, -0.15) is 5.26 Å². The van der Waals surface area contributed by atoms with Gasteiger partial charge in [-0.05, 0) is 35.7 Å². The smallest absolute Gasteiger partial charge is 0.317 e. The molecule has 0 unspecified atom stereocenters. The molecule has 1 aromatic carbocycles. The van der Waals surface area contributed by atoms with Gasteiger partial charge in [0, 0.05) is 24.5 Å². The number of nitriles is 1. The third kappa shape index (κ3) is 4.82. The predicted molar refractivity (Wildman–Crippen MR) is 95.7 cm³/mol. The highest BCUT2D eigenvalue weighted by Crippen LogP contribution is 2.28. The molecule has 0 radical (unpaired) electrons. The van der Waals surface area contributed by atoms with E-state index in [0.29, 0.717) is 24.5 Å². The van der Waals surface area contributed by atoms with E-state index in [0.717, 1.165) is 22.4 Å². The van der Waals surface area contributed by atoms with E-state index in [9.17, 15) is 4.79 Å². The van der Waals surface area contributed by atoms with Crippen molar-refractivity contribution in [3.8, 4) is 16.5 Å². The highest BCUT2D eigenvalue weighted by molar-refractivity contribution is 7.16. The number of urea groups is 1. The molecule has 0 aliphatic rings. The van der Waals surface area contributed by atoms with Crippen molar-refractivity contribution in [2.75, 3.05) is 19.7 Å². The summed E-state index contributed by atoms with van der Waals surface area (Å²) in [4.78, 5) is 15.5. The molecule has 0 aliphatic heterocycles. The number of aliphatic hydroxyl groups is 1. The van der Waals surface area contributed by atoms with Gasteiger partial charge in [0.15, 0.2) is 0 Å².